The number of imidazole rings is 1. The Balaban J connectivity index is 1.41. The summed E-state index contributed by atoms with van der Waals surface area (Å²) in [6, 6.07) is 10.1. The summed E-state index contributed by atoms with van der Waals surface area (Å²) in [7, 11) is 0. The van der Waals surface area contributed by atoms with Gasteiger partial charge in [0.05, 0.1) is 14.8 Å². The molecule has 5 nitrogen and oxygen atoms in total. The van der Waals surface area contributed by atoms with Crippen LogP contribution in [0.3, 0.4) is 0 Å². The number of carbonyl (C=O) groups is 1. The molecule has 1 amide bonds. The molecule has 7 heteroatoms. The largest absolute Gasteiger partial charge is 0.341 e. The first kappa shape index (κ1) is 17.3. The molecule has 2 aromatic heterocycles. The number of benzene rings is 1. The average Bonchev–Trinajstić information content (AvgIpc) is 3.18. The number of rotatable bonds is 3. The van der Waals surface area contributed by atoms with Gasteiger partial charge >= 0.3 is 0 Å². The van der Waals surface area contributed by atoms with Crippen molar-refractivity contribution in [3.8, 4) is 0 Å². The van der Waals surface area contributed by atoms with Crippen molar-refractivity contribution in [1.82, 2.24) is 14.9 Å². The highest BCUT2D eigenvalue weighted by molar-refractivity contribution is 9.11. The van der Waals surface area contributed by atoms with Gasteiger partial charge in [0.2, 0.25) is 11.9 Å². The average molecular weight is 431 g/mol. The van der Waals surface area contributed by atoms with Crippen molar-refractivity contribution in [1.29, 1.82) is 0 Å². The van der Waals surface area contributed by atoms with Crippen LogP contribution in [0.2, 0.25) is 0 Å². The minimum absolute atomic E-state index is 0.0683. The van der Waals surface area contributed by atoms with E-state index in [0.29, 0.717) is 6.54 Å². The maximum absolute atomic E-state index is 12.5. The number of para-hydroxylation sites is 2. The lowest BCUT2D eigenvalue weighted by atomic mass is 10.3. The van der Waals surface area contributed by atoms with E-state index in [4.69, 9.17) is 0 Å². The normalized spacial score (nSPS) is 15.7. The zero-order valence-corrected chi connectivity index (χ0v) is 16.6. The Kier molecular flexibility index (Phi) is 5.08. The Morgan fingerprint density at radius 3 is 2.92 bits per heavy atom. The summed E-state index contributed by atoms with van der Waals surface area (Å²) in [5.41, 5.74) is 3.07. The molecule has 26 heavy (non-hydrogen) atoms. The van der Waals surface area contributed by atoms with Crippen LogP contribution in [0.25, 0.3) is 17.1 Å². The number of thiophene rings is 1. The van der Waals surface area contributed by atoms with E-state index in [1.54, 1.807) is 17.4 Å². The zero-order chi connectivity index (χ0) is 17.9. The smallest absolute Gasteiger partial charge is 0.246 e. The minimum atomic E-state index is 0.0683. The number of fused-ring (bicyclic) bond motifs is 1. The van der Waals surface area contributed by atoms with Gasteiger partial charge in [-0.2, -0.15) is 0 Å². The van der Waals surface area contributed by atoms with Gasteiger partial charge in [0, 0.05) is 32.3 Å². The predicted molar refractivity (Wildman–Crippen MR) is 111 cm³/mol. The number of halogens is 1. The van der Waals surface area contributed by atoms with E-state index in [2.05, 4.69) is 30.8 Å². The number of aromatic amines is 1. The number of aromatic nitrogens is 2. The second-order valence-electron chi connectivity index (χ2n) is 6.26. The maximum atomic E-state index is 12.5. The molecule has 1 fully saturated rings. The molecule has 134 valence electrons. The summed E-state index contributed by atoms with van der Waals surface area (Å²) < 4.78 is 1.07. The van der Waals surface area contributed by atoms with Crippen LogP contribution in [0.5, 0.6) is 0 Å². The maximum Gasteiger partial charge on any atom is 0.246 e. The van der Waals surface area contributed by atoms with Gasteiger partial charge in [-0.25, -0.2) is 4.98 Å². The number of hydrogen-bond donors (Lipinski definition) is 1. The van der Waals surface area contributed by atoms with Crippen LogP contribution in [0.4, 0.5) is 5.95 Å². The Labute approximate surface area is 164 Å². The third-order valence-corrected chi connectivity index (χ3v) is 6.01. The van der Waals surface area contributed by atoms with Gasteiger partial charge in [0.1, 0.15) is 0 Å². The molecular formula is C19H19BrN4OS. The van der Waals surface area contributed by atoms with Crippen LogP contribution in [0.15, 0.2) is 45.6 Å². The van der Waals surface area contributed by atoms with E-state index in [-0.39, 0.29) is 5.91 Å². The molecule has 1 aliphatic heterocycles. The summed E-state index contributed by atoms with van der Waals surface area (Å²) in [5.74, 6) is 0.956. The van der Waals surface area contributed by atoms with E-state index in [1.165, 1.54) is 0 Å². The van der Waals surface area contributed by atoms with E-state index in [9.17, 15) is 4.79 Å². The molecule has 0 atom stereocenters. The van der Waals surface area contributed by atoms with Gasteiger partial charge in [-0.1, -0.05) is 12.1 Å². The molecule has 1 saturated heterocycles. The van der Waals surface area contributed by atoms with Crippen LogP contribution >= 0.6 is 27.3 Å². The fraction of sp³-hybridized carbons (Fsp3) is 0.263. The Morgan fingerprint density at radius 2 is 2.12 bits per heavy atom. The van der Waals surface area contributed by atoms with E-state index < -0.39 is 0 Å². The molecule has 0 radical (unpaired) electrons. The van der Waals surface area contributed by atoms with Gasteiger partial charge in [-0.15, -0.1) is 11.3 Å². The summed E-state index contributed by atoms with van der Waals surface area (Å²) in [4.78, 5) is 24.7. The number of carbonyl (C=O) groups excluding carboxylic acids is 1. The summed E-state index contributed by atoms with van der Waals surface area (Å²) >= 11 is 5.06. The molecule has 1 aromatic carbocycles. The monoisotopic (exact) mass is 430 g/mol. The first-order chi connectivity index (χ1) is 12.7. The molecule has 4 rings (SSSR count). The number of amides is 1. The van der Waals surface area contributed by atoms with E-state index >= 15 is 0 Å². The van der Waals surface area contributed by atoms with Crippen molar-refractivity contribution in [2.24, 2.45) is 0 Å². The van der Waals surface area contributed by atoms with Crippen molar-refractivity contribution in [2.45, 2.75) is 6.42 Å². The van der Waals surface area contributed by atoms with Crippen molar-refractivity contribution in [2.75, 3.05) is 31.1 Å². The second kappa shape index (κ2) is 7.63. The number of H-pyrrole nitrogens is 1. The third-order valence-electron chi connectivity index (χ3n) is 4.49. The number of nitrogens with zero attached hydrogens (tertiary/aromatic N) is 3. The molecule has 0 unspecified atom stereocenters. The van der Waals surface area contributed by atoms with Crippen LogP contribution in [-0.2, 0) is 4.79 Å². The molecule has 0 aliphatic carbocycles. The van der Waals surface area contributed by atoms with Crippen molar-refractivity contribution in [3.05, 3.63) is 51.1 Å². The lowest BCUT2D eigenvalue weighted by molar-refractivity contribution is -0.125. The molecule has 1 N–H and O–H groups in total. The summed E-state index contributed by atoms with van der Waals surface area (Å²) in [5, 5.41) is 2.03. The summed E-state index contributed by atoms with van der Waals surface area (Å²) in [6.07, 6.45) is 4.48. The van der Waals surface area contributed by atoms with Crippen molar-refractivity contribution >= 4 is 56.2 Å². The van der Waals surface area contributed by atoms with E-state index in [0.717, 1.165) is 52.4 Å². The molecule has 3 heterocycles. The molecular weight excluding hydrogens is 412 g/mol. The van der Waals surface area contributed by atoms with Crippen LogP contribution in [0, 0.1) is 0 Å². The first-order valence-corrected chi connectivity index (χ1v) is 10.3. The van der Waals surface area contributed by atoms with Gasteiger partial charge in [-0.3, -0.25) is 4.79 Å². The Bertz CT molecular complexity index is 915. The molecule has 1 aliphatic rings. The lowest BCUT2D eigenvalue weighted by Crippen LogP contribution is -2.34. The standard InChI is InChI=1S/C19H19BrN4OS/c20-17-12-14(13-26-17)6-7-18(25)23-8-3-9-24(11-10-23)19-21-15-4-1-2-5-16(15)22-19/h1-2,4-7,12-13H,3,8-11H2,(H,21,22). The number of anilines is 1. The quantitative estimate of drug-likeness (QED) is 0.635. The van der Waals surface area contributed by atoms with E-state index in [1.807, 2.05) is 46.7 Å². The van der Waals surface area contributed by atoms with Gasteiger partial charge in [-0.05, 0) is 57.6 Å². The second-order valence-corrected chi connectivity index (χ2v) is 8.55. The number of hydrogen-bond acceptors (Lipinski definition) is 4. The summed E-state index contributed by atoms with van der Waals surface area (Å²) in [6.45, 7) is 3.15. The minimum Gasteiger partial charge on any atom is -0.341 e. The van der Waals surface area contributed by atoms with Gasteiger partial charge < -0.3 is 14.8 Å². The predicted octanol–water partition coefficient (Wildman–Crippen LogP) is 4.14. The highest BCUT2D eigenvalue weighted by Gasteiger charge is 2.19. The molecule has 3 aromatic rings. The molecule has 0 saturated carbocycles. The fourth-order valence-electron chi connectivity index (χ4n) is 3.12. The molecule has 0 spiro atoms. The zero-order valence-electron chi connectivity index (χ0n) is 14.2. The van der Waals surface area contributed by atoms with Crippen LogP contribution in [0.1, 0.15) is 12.0 Å². The fourth-order valence-corrected chi connectivity index (χ4v) is 4.27. The highest BCUT2D eigenvalue weighted by Crippen LogP contribution is 2.22. The Morgan fingerprint density at radius 1 is 1.23 bits per heavy atom. The van der Waals surface area contributed by atoms with Crippen molar-refractivity contribution in [3.63, 3.8) is 0 Å². The van der Waals surface area contributed by atoms with Gasteiger partial charge in [0.15, 0.2) is 0 Å². The SMILES string of the molecule is O=C(C=Cc1csc(Br)c1)N1CCCN(c2nc3ccccc3[nH]2)CC1. The first-order valence-electron chi connectivity index (χ1n) is 8.60. The molecule has 0 bridgehead atoms. The third kappa shape index (κ3) is 3.83. The van der Waals surface area contributed by atoms with Crippen LogP contribution < -0.4 is 4.90 Å². The van der Waals surface area contributed by atoms with Crippen molar-refractivity contribution < 1.29 is 4.79 Å². The topological polar surface area (TPSA) is 52.2 Å². The number of nitrogens with one attached hydrogen (secondary N) is 1. The van der Waals surface area contributed by atoms with Crippen LogP contribution in [-0.4, -0.2) is 47.0 Å². The van der Waals surface area contributed by atoms with Gasteiger partial charge in [0.25, 0.3) is 0 Å². The lowest BCUT2D eigenvalue weighted by Gasteiger charge is -2.20. The Hall–Kier alpha value is -2.12. The highest BCUT2D eigenvalue weighted by atomic mass is 79.9.